The normalized spacial score (nSPS) is 10.3. The average molecular weight is 339 g/mol. The Hall–Kier alpha value is -2.32. The SMILES string of the molecule is CNc1ccc(N(CCO)CCO)cc1NC(=O)CCCC(=O)O. The lowest BCUT2D eigenvalue weighted by Crippen LogP contribution is -2.29. The molecule has 0 aromatic heterocycles. The van der Waals surface area contributed by atoms with E-state index in [1.54, 1.807) is 24.1 Å². The predicted molar refractivity (Wildman–Crippen MR) is 92.5 cm³/mol. The average Bonchev–Trinajstić information content (AvgIpc) is 2.54. The molecule has 0 heterocycles. The van der Waals surface area contributed by atoms with Gasteiger partial charge in [0.15, 0.2) is 0 Å². The molecule has 8 nitrogen and oxygen atoms in total. The molecule has 24 heavy (non-hydrogen) atoms. The number of carbonyl (C=O) groups excluding carboxylic acids is 1. The first-order valence-electron chi connectivity index (χ1n) is 7.82. The predicted octanol–water partition coefficient (Wildman–Crippen LogP) is 0.713. The lowest BCUT2D eigenvalue weighted by Gasteiger charge is -2.24. The van der Waals surface area contributed by atoms with E-state index in [0.717, 1.165) is 11.4 Å². The fraction of sp³-hybridized carbons (Fsp3) is 0.500. The minimum absolute atomic E-state index is 0.0485. The minimum atomic E-state index is -0.927. The molecule has 8 heteroatoms. The summed E-state index contributed by atoms with van der Waals surface area (Å²) in [4.78, 5) is 24.3. The number of carbonyl (C=O) groups is 2. The molecule has 1 rings (SSSR count). The number of aliphatic hydroxyl groups is 2. The van der Waals surface area contributed by atoms with Gasteiger partial charge in [0.2, 0.25) is 5.91 Å². The number of hydrogen-bond acceptors (Lipinski definition) is 6. The number of aliphatic hydroxyl groups excluding tert-OH is 2. The number of hydrogen-bond donors (Lipinski definition) is 5. The molecule has 0 fully saturated rings. The molecule has 0 unspecified atom stereocenters. The molecular formula is C16H25N3O5. The van der Waals surface area contributed by atoms with Gasteiger partial charge in [-0.1, -0.05) is 0 Å². The Morgan fingerprint density at radius 2 is 1.75 bits per heavy atom. The summed E-state index contributed by atoms with van der Waals surface area (Å²) in [5.41, 5.74) is 2.05. The lowest BCUT2D eigenvalue weighted by molar-refractivity contribution is -0.137. The van der Waals surface area contributed by atoms with Gasteiger partial charge in [0.25, 0.3) is 0 Å². The van der Waals surface area contributed by atoms with Crippen LogP contribution in [0.2, 0.25) is 0 Å². The van der Waals surface area contributed by atoms with E-state index in [1.807, 2.05) is 6.07 Å². The number of anilines is 3. The van der Waals surface area contributed by atoms with E-state index in [4.69, 9.17) is 15.3 Å². The molecule has 134 valence electrons. The van der Waals surface area contributed by atoms with Crippen molar-refractivity contribution in [2.24, 2.45) is 0 Å². The Morgan fingerprint density at radius 1 is 1.08 bits per heavy atom. The van der Waals surface area contributed by atoms with Gasteiger partial charge in [0.05, 0.1) is 24.6 Å². The Bertz CT molecular complexity index is 545. The molecule has 0 bridgehead atoms. The molecule has 5 N–H and O–H groups in total. The molecular weight excluding hydrogens is 314 g/mol. The highest BCUT2D eigenvalue weighted by molar-refractivity contribution is 5.95. The highest BCUT2D eigenvalue weighted by Gasteiger charge is 2.11. The number of aliphatic carboxylic acids is 1. The van der Waals surface area contributed by atoms with Crippen LogP contribution in [0.15, 0.2) is 18.2 Å². The van der Waals surface area contributed by atoms with Gasteiger partial charge in [-0.25, -0.2) is 0 Å². The van der Waals surface area contributed by atoms with E-state index < -0.39 is 5.97 Å². The smallest absolute Gasteiger partial charge is 0.303 e. The summed E-state index contributed by atoms with van der Waals surface area (Å²) in [5.74, 6) is -1.19. The van der Waals surface area contributed by atoms with E-state index in [9.17, 15) is 9.59 Å². The molecule has 0 aliphatic carbocycles. The van der Waals surface area contributed by atoms with Gasteiger partial charge in [-0.3, -0.25) is 9.59 Å². The van der Waals surface area contributed by atoms with Gasteiger partial charge < -0.3 is 30.9 Å². The molecule has 0 radical (unpaired) electrons. The molecule has 1 amide bonds. The van der Waals surface area contributed by atoms with Gasteiger partial charge in [0.1, 0.15) is 0 Å². The van der Waals surface area contributed by atoms with Gasteiger partial charge in [-0.05, 0) is 24.6 Å². The highest BCUT2D eigenvalue weighted by Crippen LogP contribution is 2.28. The summed E-state index contributed by atoms with van der Waals surface area (Å²) in [6.45, 7) is 0.631. The molecule has 0 saturated heterocycles. The van der Waals surface area contributed by atoms with Crippen molar-refractivity contribution in [1.82, 2.24) is 0 Å². The Morgan fingerprint density at radius 3 is 2.29 bits per heavy atom. The third-order valence-electron chi connectivity index (χ3n) is 3.45. The third-order valence-corrected chi connectivity index (χ3v) is 3.45. The summed E-state index contributed by atoms with van der Waals surface area (Å²) >= 11 is 0. The summed E-state index contributed by atoms with van der Waals surface area (Å²) < 4.78 is 0. The van der Waals surface area contributed by atoms with E-state index in [-0.39, 0.29) is 38.4 Å². The van der Waals surface area contributed by atoms with Crippen molar-refractivity contribution in [2.75, 3.05) is 48.9 Å². The Balaban J connectivity index is 2.85. The van der Waals surface area contributed by atoms with E-state index in [0.29, 0.717) is 18.8 Å². The van der Waals surface area contributed by atoms with Crippen molar-refractivity contribution >= 4 is 28.9 Å². The fourth-order valence-electron chi connectivity index (χ4n) is 2.27. The van der Waals surface area contributed by atoms with Crippen LogP contribution in [0, 0.1) is 0 Å². The van der Waals surface area contributed by atoms with Crippen LogP contribution in [-0.4, -0.2) is 60.5 Å². The fourth-order valence-corrected chi connectivity index (χ4v) is 2.27. The Kier molecular flexibility index (Phi) is 8.59. The lowest BCUT2D eigenvalue weighted by atomic mass is 10.2. The first-order chi connectivity index (χ1) is 11.5. The standard InChI is InChI=1S/C16H25N3O5/c1-17-13-6-5-12(19(7-9-20)8-10-21)11-14(13)18-15(22)3-2-4-16(23)24/h5-6,11,17,20-21H,2-4,7-10H2,1H3,(H,18,22)(H,23,24). The number of benzene rings is 1. The number of carboxylic acids is 1. The quantitative estimate of drug-likeness (QED) is 0.402. The zero-order chi connectivity index (χ0) is 17.9. The first kappa shape index (κ1) is 19.7. The zero-order valence-electron chi connectivity index (χ0n) is 13.8. The van der Waals surface area contributed by atoms with Crippen LogP contribution in [0.5, 0.6) is 0 Å². The van der Waals surface area contributed by atoms with Crippen LogP contribution in [0.4, 0.5) is 17.1 Å². The second-order valence-corrected chi connectivity index (χ2v) is 5.21. The second-order valence-electron chi connectivity index (χ2n) is 5.21. The van der Waals surface area contributed by atoms with Gasteiger partial charge >= 0.3 is 5.97 Å². The maximum atomic E-state index is 12.0. The maximum absolute atomic E-state index is 12.0. The van der Waals surface area contributed by atoms with Gasteiger partial charge in [0, 0.05) is 38.7 Å². The first-order valence-corrected chi connectivity index (χ1v) is 7.82. The van der Waals surface area contributed by atoms with Gasteiger partial charge in [-0.2, -0.15) is 0 Å². The van der Waals surface area contributed by atoms with Crippen LogP contribution in [0.25, 0.3) is 0 Å². The van der Waals surface area contributed by atoms with Crippen molar-refractivity contribution in [3.8, 4) is 0 Å². The molecule has 1 aromatic carbocycles. The zero-order valence-corrected chi connectivity index (χ0v) is 13.8. The molecule has 0 aliphatic heterocycles. The van der Waals surface area contributed by atoms with Gasteiger partial charge in [-0.15, -0.1) is 0 Å². The van der Waals surface area contributed by atoms with Crippen LogP contribution in [0.1, 0.15) is 19.3 Å². The number of rotatable bonds is 11. The molecule has 0 atom stereocenters. The molecule has 0 spiro atoms. The highest BCUT2D eigenvalue weighted by atomic mass is 16.4. The van der Waals surface area contributed by atoms with Crippen molar-refractivity contribution in [2.45, 2.75) is 19.3 Å². The monoisotopic (exact) mass is 339 g/mol. The molecule has 0 aliphatic rings. The number of carboxylic acid groups (broad SMARTS) is 1. The van der Waals surface area contributed by atoms with Crippen molar-refractivity contribution < 1.29 is 24.9 Å². The van der Waals surface area contributed by atoms with Crippen molar-refractivity contribution in [3.63, 3.8) is 0 Å². The third kappa shape index (κ3) is 6.43. The second kappa shape index (κ2) is 10.5. The van der Waals surface area contributed by atoms with Crippen molar-refractivity contribution in [1.29, 1.82) is 0 Å². The number of amides is 1. The van der Waals surface area contributed by atoms with Crippen LogP contribution in [-0.2, 0) is 9.59 Å². The number of nitrogens with zero attached hydrogens (tertiary/aromatic N) is 1. The van der Waals surface area contributed by atoms with Crippen LogP contribution in [0.3, 0.4) is 0 Å². The summed E-state index contributed by atoms with van der Waals surface area (Å²) in [5, 5.41) is 32.6. The van der Waals surface area contributed by atoms with E-state index >= 15 is 0 Å². The van der Waals surface area contributed by atoms with Crippen LogP contribution >= 0.6 is 0 Å². The number of nitrogens with one attached hydrogen (secondary N) is 2. The van der Waals surface area contributed by atoms with E-state index in [2.05, 4.69) is 10.6 Å². The summed E-state index contributed by atoms with van der Waals surface area (Å²) in [7, 11) is 1.73. The maximum Gasteiger partial charge on any atom is 0.303 e. The Labute approximate surface area is 141 Å². The van der Waals surface area contributed by atoms with Crippen LogP contribution < -0.4 is 15.5 Å². The summed E-state index contributed by atoms with van der Waals surface area (Å²) in [6, 6.07) is 5.38. The molecule has 1 aromatic rings. The summed E-state index contributed by atoms with van der Waals surface area (Å²) in [6.07, 6.45) is 0.348. The largest absolute Gasteiger partial charge is 0.481 e. The topological polar surface area (TPSA) is 122 Å². The molecule has 0 saturated carbocycles. The minimum Gasteiger partial charge on any atom is -0.481 e. The van der Waals surface area contributed by atoms with Crippen molar-refractivity contribution in [3.05, 3.63) is 18.2 Å². The van der Waals surface area contributed by atoms with E-state index in [1.165, 1.54) is 0 Å².